The standard InChI is InChI=1S/C4H6BrCl2F/c5-3-1-2-4(6,7)8/h1-3H2. The molecule has 8 heavy (non-hydrogen) atoms. The molecule has 0 atom stereocenters. The molecule has 0 N–H and O–H groups in total. The molecule has 0 rings (SSSR count). The highest BCUT2D eigenvalue weighted by Crippen LogP contribution is 2.28. The molecule has 50 valence electrons. The van der Waals surface area contributed by atoms with Crippen LogP contribution in [0.25, 0.3) is 0 Å². The van der Waals surface area contributed by atoms with E-state index in [1.165, 1.54) is 0 Å². The van der Waals surface area contributed by atoms with Crippen LogP contribution in [0.2, 0.25) is 0 Å². The van der Waals surface area contributed by atoms with Crippen molar-refractivity contribution in [2.24, 2.45) is 0 Å². The average Bonchev–Trinajstić information content (AvgIpc) is 1.59. The van der Waals surface area contributed by atoms with Crippen molar-refractivity contribution >= 4 is 39.1 Å². The van der Waals surface area contributed by atoms with Crippen molar-refractivity contribution in [3.8, 4) is 0 Å². The van der Waals surface area contributed by atoms with Gasteiger partial charge in [0, 0.05) is 11.8 Å². The van der Waals surface area contributed by atoms with Crippen LogP contribution in [0.3, 0.4) is 0 Å². The summed E-state index contributed by atoms with van der Waals surface area (Å²) in [6.45, 7) is 0. The monoisotopic (exact) mass is 222 g/mol. The highest BCUT2D eigenvalue weighted by atomic mass is 79.9. The third-order valence-electron chi connectivity index (χ3n) is 0.594. The molecule has 0 amide bonds. The Kier molecular flexibility index (Phi) is 4.40. The zero-order valence-corrected chi connectivity index (χ0v) is 7.23. The van der Waals surface area contributed by atoms with Crippen molar-refractivity contribution < 1.29 is 4.39 Å². The summed E-state index contributed by atoms with van der Waals surface area (Å²) in [6.07, 6.45) is 0.838. The van der Waals surface area contributed by atoms with Gasteiger partial charge in [-0.3, -0.25) is 0 Å². The summed E-state index contributed by atoms with van der Waals surface area (Å²) in [4.78, 5) is 0. The molecular weight excluding hydrogens is 218 g/mol. The third-order valence-corrected chi connectivity index (χ3v) is 1.53. The first kappa shape index (κ1) is 8.99. The normalized spacial score (nSPS) is 12.0. The highest BCUT2D eigenvalue weighted by molar-refractivity contribution is 9.09. The van der Waals surface area contributed by atoms with E-state index in [-0.39, 0.29) is 6.42 Å². The molecule has 4 heteroatoms. The molecule has 0 spiro atoms. The Labute approximate surface area is 66.5 Å². The summed E-state index contributed by atoms with van der Waals surface area (Å²) >= 11 is 13.1. The summed E-state index contributed by atoms with van der Waals surface area (Å²) in [6, 6.07) is 0. The van der Waals surface area contributed by atoms with E-state index in [9.17, 15) is 4.39 Å². The van der Waals surface area contributed by atoms with E-state index >= 15 is 0 Å². The van der Waals surface area contributed by atoms with E-state index in [0.717, 1.165) is 5.33 Å². The minimum absolute atomic E-state index is 0.182. The second kappa shape index (κ2) is 3.91. The van der Waals surface area contributed by atoms with Crippen LogP contribution >= 0.6 is 39.1 Å². The van der Waals surface area contributed by atoms with E-state index in [1.54, 1.807) is 0 Å². The van der Waals surface area contributed by atoms with Crippen LogP contribution in [0.15, 0.2) is 0 Å². The maximum atomic E-state index is 12.1. The van der Waals surface area contributed by atoms with Crippen LogP contribution in [-0.2, 0) is 0 Å². The largest absolute Gasteiger partial charge is 0.257 e. The lowest BCUT2D eigenvalue weighted by molar-refractivity contribution is 0.369. The van der Waals surface area contributed by atoms with Crippen molar-refractivity contribution in [1.82, 2.24) is 0 Å². The lowest BCUT2D eigenvalue weighted by atomic mass is 10.4. The molecule has 0 aliphatic heterocycles. The maximum Gasteiger partial charge on any atom is 0.257 e. The summed E-state index contributed by atoms with van der Waals surface area (Å²) < 4.78 is 10.1. The second-order valence-corrected chi connectivity index (χ2v) is 3.59. The number of halogens is 4. The van der Waals surface area contributed by atoms with Gasteiger partial charge < -0.3 is 0 Å². The molecule has 0 aliphatic carbocycles. The molecule has 0 aromatic heterocycles. The first-order valence-electron chi connectivity index (χ1n) is 2.19. The third kappa shape index (κ3) is 6.99. The van der Waals surface area contributed by atoms with Crippen LogP contribution in [-0.4, -0.2) is 9.92 Å². The van der Waals surface area contributed by atoms with Crippen LogP contribution in [0, 0.1) is 0 Å². The van der Waals surface area contributed by atoms with E-state index in [2.05, 4.69) is 15.9 Å². The van der Waals surface area contributed by atoms with Gasteiger partial charge in [-0.1, -0.05) is 39.1 Å². The molecule has 0 aromatic rings. The molecule has 0 aliphatic rings. The predicted molar refractivity (Wildman–Crippen MR) is 38.6 cm³/mol. The van der Waals surface area contributed by atoms with Gasteiger partial charge in [0.05, 0.1) is 0 Å². The number of rotatable bonds is 3. The smallest absolute Gasteiger partial charge is 0.208 e. The molecule has 0 saturated carbocycles. The van der Waals surface area contributed by atoms with Crippen LogP contribution in [0.1, 0.15) is 12.8 Å². The van der Waals surface area contributed by atoms with Gasteiger partial charge >= 0.3 is 0 Å². The molecule has 0 aromatic carbocycles. The summed E-state index contributed by atoms with van der Waals surface area (Å²) in [7, 11) is 0. The SMILES string of the molecule is FC(Cl)(Cl)CCCBr. The highest BCUT2D eigenvalue weighted by Gasteiger charge is 2.20. The fourth-order valence-corrected chi connectivity index (χ4v) is 0.815. The predicted octanol–water partition coefficient (Wildman–Crippen LogP) is 3.26. The molecule has 0 bridgehead atoms. The van der Waals surface area contributed by atoms with Gasteiger partial charge in [0.25, 0.3) is 4.59 Å². The lowest BCUT2D eigenvalue weighted by Gasteiger charge is -2.05. The van der Waals surface area contributed by atoms with E-state index in [4.69, 9.17) is 23.2 Å². The fraction of sp³-hybridized carbons (Fsp3) is 1.00. The first-order chi connectivity index (χ1) is 3.56. The van der Waals surface area contributed by atoms with Gasteiger partial charge in [0.1, 0.15) is 0 Å². The Morgan fingerprint density at radius 3 is 2.12 bits per heavy atom. The topological polar surface area (TPSA) is 0 Å². The van der Waals surface area contributed by atoms with Gasteiger partial charge in [-0.15, -0.1) is 0 Å². The van der Waals surface area contributed by atoms with Crippen LogP contribution < -0.4 is 0 Å². The molecule has 0 unspecified atom stereocenters. The van der Waals surface area contributed by atoms with Gasteiger partial charge in [-0.25, -0.2) is 4.39 Å². The fourth-order valence-electron chi connectivity index (χ4n) is 0.267. The average molecular weight is 224 g/mol. The molecule has 0 radical (unpaired) electrons. The Morgan fingerprint density at radius 1 is 1.50 bits per heavy atom. The van der Waals surface area contributed by atoms with Gasteiger partial charge in [-0.05, 0) is 6.42 Å². The Hall–Kier alpha value is 0.990. The van der Waals surface area contributed by atoms with Gasteiger partial charge in [0.2, 0.25) is 0 Å². The lowest BCUT2D eigenvalue weighted by Crippen LogP contribution is -2.02. The minimum Gasteiger partial charge on any atom is -0.208 e. The zero-order chi connectivity index (χ0) is 6.62. The first-order valence-corrected chi connectivity index (χ1v) is 4.07. The summed E-state index contributed by atoms with van der Waals surface area (Å²) in [5, 5.41) is 0.734. The van der Waals surface area contributed by atoms with Crippen molar-refractivity contribution in [3.63, 3.8) is 0 Å². The Balaban J connectivity index is 3.11. The summed E-state index contributed by atoms with van der Waals surface area (Å²) in [5.41, 5.74) is 0. The van der Waals surface area contributed by atoms with Crippen molar-refractivity contribution in [2.45, 2.75) is 17.4 Å². The van der Waals surface area contributed by atoms with Crippen molar-refractivity contribution in [3.05, 3.63) is 0 Å². The second-order valence-electron chi connectivity index (χ2n) is 1.41. The van der Waals surface area contributed by atoms with Crippen LogP contribution in [0.5, 0.6) is 0 Å². The van der Waals surface area contributed by atoms with Crippen molar-refractivity contribution in [2.75, 3.05) is 5.33 Å². The molecule has 0 saturated heterocycles. The Morgan fingerprint density at radius 2 is 2.00 bits per heavy atom. The van der Waals surface area contributed by atoms with E-state index in [0.29, 0.717) is 6.42 Å². The Bertz CT molecular complexity index is 61.5. The summed E-state index contributed by atoms with van der Waals surface area (Å²) in [5.74, 6) is 0. The number of hydrogen-bond acceptors (Lipinski definition) is 0. The molecule has 0 nitrogen and oxygen atoms in total. The maximum absolute atomic E-state index is 12.1. The number of hydrogen-bond donors (Lipinski definition) is 0. The molecule has 0 heterocycles. The molecule has 0 fully saturated rings. The van der Waals surface area contributed by atoms with E-state index < -0.39 is 4.59 Å². The quantitative estimate of drug-likeness (QED) is 0.645. The number of alkyl halides is 4. The van der Waals surface area contributed by atoms with Crippen LogP contribution in [0.4, 0.5) is 4.39 Å². The van der Waals surface area contributed by atoms with E-state index in [1.807, 2.05) is 0 Å². The molecular formula is C4H6BrCl2F. The van der Waals surface area contributed by atoms with Gasteiger partial charge in [0.15, 0.2) is 0 Å². The van der Waals surface area contributed by atoms with Crippen molar-refractivity contribution in [1.29, 1.82) is 0 Å². The van der Waals surface area contributed by atoms with Gasteiger partial charge in [-0.2, -0.15) is 0 Å². The zero-order valence-electron chi connectivity index (χ0n) is 4.13. The minimum atomic E-state index is -2.03.